The van der Waals surface area contributed by atoms with E-state index in [1.807, 2.05) is 4.90 Å². The molecule has 2 unspecified atom stereocenters. The molecule has 0 bridgehead atoms. The molecule has 24 heavy (non-hydrogen) atoms. The Kier molecular flexibility index (Phi) is 3.83. The van der Waals surface area contributed by atoms with Gasteiger partial charge in [0.1, 0.15) is 11.6 Å². The maximum atomic E-state index is 13.1. The van der Waals surface area contributed by atoms with Gasteiger partial charge in [-0.05, 0) is 60.6 Å². The minimum absolute atomic E-state index is 0.00323. The van der Waals surface area contributed by atoms with E-state index in [0.29, 0.717) is 12.6 Å². The summed E-state index contributed by atoms with van der Waals surface area (Å²) < 4.78 is 26.1. The molecule has 0 aliphatic heterocycles. The number of carbonyl (C=O) groups is 1. The van der Waals surface area contributed by atoms with Crippen molar-refractivity contribution in [3.05, 3.63) is 71.3 Å². The van der Waals surface area contributed by atoms with Crippen molar-refractivity contribution < 1.29 is 13.6 Å². The molecule has 0 N–H and O–H groups in total. The molecule has 1 amide bonds. The summed E-state index contributed by atoms with van der Waals surface area (Å²) in [6.07, 6.45) is 2.92. The Bertz CT molecular complexity index is 737. The fraction of sp³-hybridized carbons (Fsp3) is 0.350. The summed E-state index contributed by atoms with van der Waals surface area (Å²) in [6, 6.07) is 13.1. The highest BCUT2D eigenvalue weighted by Gasteiger charge is 2.48. The van der Waals surface area contributed by atoms with E-state index in [1.54, 1.807) is 24.3 Å². The largest absolute Gasteiger partial charge is 0.335 e. The van der Waals surface area contributed by atoms with Gasteiger partial charge in [0.2, 0.25) is 5.91 Å². The van der Waals surface area contributed by atoms with E-state index >= 15 is 0 Å². The van der Waals surface area contributed by atoms with Gasteiger partial charge in [-0.2, -0.15) is 0 Å². The Hall–Kier alpha value is -2.23. The molecule has 0 saturated heterocycles. The molecular weight excluding hydrogens is 308 g/mol. The Labute approximate surface area is 140 Å². The minimum atomic E-state index is -0.262. The Morgan fingerprint density at radius 1 is 0.958 bits per heavy atom. The average Bonchev–Trinajstić information content (AvgIpc) is 3.47. The van der Waals surface area contributed by atoms with E-state index in [0.717, 1.165) is 30.4 Å². The number of nitrogens with zero attached hydrogens (tertiary/aromatic N) is 1. The van der Waals surface area contributed by atoms with Gasteiger partial charge in [-0.15, -0.1) is 0 Å². The zero-order valence-electron chi connectivity index (χ0n) is 13.3. The maximum Gasteiger partial charge on any atom is 0.226 e. The number of rotatable bonds is 5. The van der Waals surface area contributed by atoms with Crippen LogP contribution in [-0.2, 0) is 11.3 Å². The maximum absolute atomic E-state index is 13.1. The van der Waals surface area contributed by atoms with Crippen LogP contribution in [0.25, 0.3) is 0 Å². The fourth-order valence-electron chi connectivity index (χ4n) is 3.32. The normalized spacial score (nSPS) is 22.2. The SMILES string of the molecule is O=C(C1CC1c1ccc(F)cc1)N(Cc1ccc(F)cc1)C1CC1. The van der Waals surface area contributed by atoms with Gasteiger partial charge in [0, 0.05) is 18.5 Å². The van der Waals surface area contributed by atoms with E-state index < -0.39 is 0 Å². The van der Waals surface area contributed by atoms with E-state index in [1.165, 1.54) is 24.3 Å². The Morgan fingerprint density at radius 2 is 1.54 bits per heavy atom. The van der Waals surface area contributed by atoms with Crippen molar-refractivity contribution in [3.63, 3.8) is 0 Å². The lowest BCUT2D eigenvalue weighted by Crippen LogP contribution is -2.34. The first-order valence-electron chi connectivity index (χ1n) is 8.42. The summed E-state index contributed by atoms with van der Waals surface area (Å²) in [7, 11) is 0. The molecule has 0 radical (unpaired) electrons. The molecule has 2 saturated carbocycles. The summed E-state index contributed by atoms with van der Waals surface area (Å²) >= 11 is 0. The first kappa shape index (κ1) is 15.3. The minimum Gasteiger partial charge on any atom is -0.335 e. The molecular formula is C20H19F2NO. The quantitative estimate of drug-likeness (QED) is 0.803. The average molecular weight is 327 g/mol. The first-order valence-corrected chi connectivity index (χ1v) is 8.42. The highest BCUT2D eigenvalue weighted by molar-refractivity contribution is 5.83. The predicted molar refractivity (Wildman–Crippen MR) is 87.2 cm³/mol. The van der Waals surface area contributed by atoms with Crippen molar-refractivity contribution in [2.24, 2.45) is 5.92 Å². The molecule has 4 rings (SSSR count). The third kappa shape index (κ3) is 3.18. The zero-order chi connectivity index (χ0) is 16.7. The van der Waals surface area contributed by atoms with Crippen LogP contribution < -0.4 is 0 Å². The van der Waals surface area contributed by atoms with Crippen LogP contribution in [0.4, 0.5) is 8.78 Å². The van der Waals surface area contributed by atoms with Crippen molar-refractivity contribution in [2.75, 3.05) is 0 Å². The van der Waals surface area contributed by atoms with Crippen LogP contribution in [0, 0.1) is 17.6 Å². The lowest BCUT2D eigenvalue weighted by Gasteiger charge is -2.23. The van der Waals surface area contributed by atoms with E-state index in [-0.39, 0.29) is 29.4 Å². The van der Waals surface area contributed by atoms with Crippen LogP contribution in [-0.4, -0.2) is 16.8 Å². The third-order valence-corrected chi connectivity index (χ3v) is 4.94. The molecule has 2 fully saturated rings. The van der Waals surface area contributed by atoms with Crippen molar-refractivity contribution in [3.8, 4) is 0 Å². The lowest BCUT2D eigenvalue weighted by molar-refractivity contribution is -0.133. The topological polar surface area (TPSA) is 20.3 Å². The van der Waals surface area contributed by atoms with Gasteiger partial charge in [0.15, 0.2) is 0 Å². The summed E-state index contributed by atoms with van der Waals surface area (Å²) in [5.74, 6) is -0.139. The number of benzene rings is 2. The second-order valence-electron chi connectivity index (χ2n) is 6.82. The summed E-state index contributed by atoms with van der Waals surface area (Å²) in [4.78, 5) is 14.8. The van der Waals surface area contributed by atoms with Crippen LogP contribution in [0.5, 0.6) is 0 Å². The smallest absolute Gasteiger partial charge is 0.226 e. The number of hydrogen-bond acceptors (Lipinski definition) is 1. The Morgan fingerprint density at radius 3 is 2.12 bits per heavy atom. The van der Waals surface area contributed by atoms with Crippen LogP contribution in [0.1, 0.15) is 36.3 Å². The molecule has 0 heterocycles. The van der Waals surface area contributed by atoms with Crippen molar-refractivity contribution in [1.82, 2.24) is 4.90 Å². The predicted octanol–water partition coefficient (Wildman–Crippen LogP) is 4.26. The lowest BCUT2D eigenvalue weighted by atomic mass is 10.1. The second-order valence-corrected chi connectivity index (χ2v) is 6.82. The van der Waals surface area contributed by atoms with Crippen LogP contribution >= 0.6 is 0 Å². The monoisotopic (exact) mass is 327 g/mol. The van der Waals surface area contributed by atoms with E-state index in [9.17, 15) is 13.6 Å². The Balaban J connectivity index is 1.45. The summed E-state index contributed by atoms with van der Waals surface area (Å²) in [5, 5.41) is 0. The number of hydrogen-bond donors (Lipinski definition) is 0. The van der Waals surface area contributed by atoms with Gasteiger partial charge in [0.25, 0.3) is 0 Å². The molecule has 2 atom stereocenters. The van der Waals surface area contributed by atoms with Gasteiger partial charge in [-0.25, -0.2) is 8.78 Å². The molecule has 2 aliphatic carbocycles. The number of amides is 1. The fourth-order valence-corrected chi connectivity index (χ4v) is 3.32. The third-order valence-electron chi connectivity index (χ3n) is 4.94. The van der Waals surface area contributed by atoms with Gasteiger partial charge < -0.3 is 4.90 Å². The van der Waals surface area contributed by atoms with E-state index in [2.05, 4.69) is 0 Å². The molecule has 2 aromatic carbocycles. The molecule has 2 nitrogen and oxygen atoms in total. The van der Waals surface area contributed by atoms with E-state index in [4.69, 9.17) is 0 Å². The molecule has 124 valence electrons. The first-order chi connectivity index (χ1) is 11.6. The van der Waals surface area contributed by atoms with Crippen molar-refractivity contribution >= 4 is 5.91 Å². The molecule has 2 aromatic rings. The molecule has 2 aliphatic rings. The molecule has 4 heteroatoms. The van der Waals surface area contributed by atoms with Crippen molar-refractivity contribution in [2.45, 2.75) is 37.8 Å². The highest BCUT2D eigenvalue weighted by atomic mass is 19.1. The summed E-state index contributed by atoms with van der Waals surface area (Å²) in [6.45, 7) is 0.538. The summed E-state index contributed by atoms with van der Waals surface area (Å²) in [5.41, 5.74) is 1.99. The molecule has 0 aromatic heterocycles. The number of halogens is 2. The molecule has 0 spiro atoms. The number of carbonyl (C=O) groups excluding carboxylic acids is 1. The van der Waals surface area contributed by atoms with Crippen molar-refractivity contribution in [1.29, 1.82) is 0 Å². The van der Waals surface area contributed by atoms with Crippen LogP contribution in [0.2, 0.25) is 0 Å². The van der Waals surface area contributed by atoms with Gasteiger partial charge in [-0.3, -0.25) is 4.79 Å². The van der Waals surface area contributed by atoms with Crippen LogP contribution in [0.3, 0.4) is 0 Å². The van der Waals surface area contributed by atoms with Gasteiger partial charge in [0.05, 0.1) is 0 Å². The highest BCUT2D eigenvalue weighted by Crippen LogP contribution is 2.49. The van der Waals surface area contributed by atoms with Gasteiger partial charge in [-0.1, -0.05) is 24.3 Å². The zero-order valence-corrected chi connectivity index (χ0v) is 13.3. The van der Waals surface area contributed by atoms with Crippen LogP contribution in [0.15, 0.2) is 48.5 Å². The standard InChI is InChI=1S/C20H19F2NO/c21-15-5-1-13(2-6-15)12-23(17-9-10-17)20(24)19-11-18(19)14-3-7-16(22)8-4-14/h1-8,17-19H,9-12H2. The van der Waals surface area contributed by atoms with Gasteiger partial charge >= 0.3 is 0 Å². The second kappa shape index (κ2) is 6.00.